The van der Waals surface area contributed by atoms with Crippen LogP contribution in [-0.2, 0) is 18.9 Å². The predicted octanol–water partition coefficient (Wildman–Crippen LogP) is 12.3. The number of hydrogen-bond acceptors (Lipinski definition) is 4. The molecule has 0 aliphatic heterocycles. The number of hydrogen-bond donors (Lipinski definition) is 0. The molecule has 0 spiro atoms. The van der Waals surface area contributed by atoms with Crippen LogP contribution in [0.3, 0.4) is 0 Å². The van der Waals surface area contributed by atoms with Crippen molar-refractivity contribution in [3.8, 4) is 0 Å². The lowest BCUT2D eigenvalue weighted by atomic mass is 9.95. The van der Waals surface area contributed by atoms with Crippen molar-refractivity contribution in [1.82, 2.24) is 0 Å². The second-order valence-electron chi connectivity index (χ2n) is 11.3. The summed E-state index contributed by atoms with van der Waals surface area (Å²) in [4.78, 5) is 0. The van der Waals surface area contributed by atoms with Crippen molar-refractivity contribution in [3.63, 3.8) is 0 Å². The monoisotopic (exact) mass is 796 g/mol. The average Bonchev–Trinajstić information content (AvgIpc) is 2.96. The van der Waals surface area contributed by atoms with Crippen LogP contribution in [0.15, 0.2) is 0 Å². The van der Waals surface area contributed by atoms with Gasteiger partial charge in [-0.25, -0.2) is 17.6 Å². The first-order chi connectivity index (χ1) is 22.9. The molecule has 0 aliphatic rings. The van der Waals surface area contributed by atoms with Crippen molar-refractivity contribution in [2.24, 2.45) is 17.8 Å². The van der Waals surface area contributed by atoms with Crippen molar-refractivity contribution in [1.29, 1.82) is 0 Å². The lowest BCUT2D eigenvalue weighted by molar-refractivity contribution is -0.284. The van der Waals surface area contributed by atoms with Gasteiger partial charge >= 0.3 is 30.7 Å². The summed E-state index contributed by atoms with van der Waals surface area (Å²) in [6.07, 6.45) is -24.4. The first-order valence-electron chi connectivity index (χ1n) is 16.0. The van der Waals surface area contributed by atoms with Crippen LogP contribution in [0.4, 0.5) is 74.6 Å². The fourth-order valence-corrected chi connectivity index (χ4v) is 3.66. The first kappa shape index (κ1) is 54.0. The summed E-state index contributed by atoms with van der Waals surface area (Å²) < 4.78 is 232. The summed E-state index contributed by atoms with van der Waals surface area (Å²) >= 11 is 0. The van der Waals surface area contributed by atoms with Crippen LogP contribution in [0.1, 0.15) is 92.9 Å². The summed E-state index contributed by atoms with van der Waals surface area (Å²) in [5.74, 6) is -15.5. The summed E-state index contributed by atoms with van der Waals surface area (Å²) in [6, 6.07) is 0. The van der Waals surface area contributed by atoms with E-state index < -0.39 is 112 Å². The molecule has 0 N–H and O–H groups in total. The first-order valence-corrected chi connectivity index (χ1v) is 16.0. The topological polar surface area (TPSA) is 36.9 Å². The van der Waals surface area contributed by atoms with E-state index in [1.165, 1.54) is 6.92 Å². The third-order valence-corrected chi connectivity index (χ3v) is 6.67. The highest BCUT2D eigenvalue weighted by molar-refractivity contribution is 4.83. The Kier molecular flexibility index (Phi) is 25.6. The molecule has 51 heavy (non-hydrogen) atoms. The Balaban J connectivity index is -0.000000748. The van der Waals surface area contributed by atoms with Gasteiger partial charge in [-0.2, -0.15) is 57.1 Å². The molecule has 4 nitrogen and oxygen atoms in total. The summed E-state index contributed by atoms with van der Waals surface area (Å²) in [5.41, 5.74) is 0. The highest BCUT2D eigenvalue weighted by Gasteiger charge is 2.56. The third-order valence-electron chi connectivity index (χ3n) is 6.67. The van der Waals surface area contributed by atoms with Crippen LogP contribution in [0.5, 0.6) is 0 Å². The molecule has 0 radical (unpaired) electrons. The van der Waals surface area contributed by atoms with E-state index in [2.05, 4.69) is 18.9 Å². The minimum atomic E-state index is -5.27. The van der Waals surface area contributed by atoms with E-state index >= 15 is 0 Å². The molecule has 0 rings (SSSR count). The maximum absolute atomic E-state index is 13.7. The second kappa shape index (κ2) is 24.1. The van der Waals surface area contributed by atoms with Gasteiger partial charge in [0.1, 0.15) is 25.0 Å². The van der Waals surface area contributed by atoms with Gasteiger partial charge in [-0.05, 0) is 32.1 Å². The minimum absolute atomic E-state index is 0.0248. The molecular formula is C30H49F17O4. The smallest absolute Gasteiger partial charge is 0.375 e. The van der Waals surface area contributed by atoms with Crippen molar-refractivity contribution in [3.05, 3.63) is 0 Å². The van der Waals surface area contributed by atoms with Gasteiger partial charge in [-0.3, -0.25) is 0 Å². The fourth-order valence-electron chi connectivity index (χ4n) is 3.66. The maximum Gasteiger partial charge on any atom is 0.397 e. The van der Waals surface area contributed by atoms with Crippen LogP contribution >= 0.6 is 0 Å². The molecule has 0 saturated carbocycles. The zero-order valence-electron chi connectivity index (χ0n) is 29.2. The van der Waals surface area contributed by atoms with Crippen molar-refractivity contribution >= 4 is 0 Å². The molecule has 0 aromatic rings. The summed E-state index contributed by atoms with van der Waals surface area (Å²) in [5, 5.41) is 0. The molecule has 3 unspecified atom stereocenters. The second-order valence-corrected chi connectivity index (χ2v) is 11.3. The molecule has 0 amide bonds. The van der Waals surface area contributed by atoms with E-state index in [1.807, 2.05) is 0 Å². The van der Waals surface area contributed by atoms with Gasteiger partial charge in [-0.1, -0.05) is 48.0 Å². The van der Waals surface area contributed by atoms with Crippen molar-refractivity contribution in [2.75, 3.05) is 39.6 Å². The van der Waals surface area contributed by atoms with Crippen molar-refractivity contribution < 1.29 is 93.6 Å². The van der Waals surface area contributed by atoms with Crippen LogP contribution < -0.4 is 0 Å². The summed E-state index contributed by atoms with van der Waals surface area (Å²) in [7, 11) is 0. The van der Waals surface area contributed by atoms with E-state index in [4.69, 9.17) is 0 Å². The molecule has 3 atom stereocenters. The van der Waals surface area contributed by atoms with Gasteiger partial charge in [0.05, 0.1) is 19.1 Å². The van der Waals surface area contributed by atoms with Gasteiger partial charge in [0.15, 0.2) is 0 Å². The molecule has 0 saturated heterocycles. The minimum Gasteiger partial charge on any atom is -0.375 e. The normalized spacial score (nSPS) is 15.4. The van der Waals surface area contributed by atoms with E-state index in [0.29, 0.717) is 19.3 Å². The molecule has 21 heteroatoms. The van der Waals surface area contributed by atoms with Gasteiger partial charge in [-0.15, -0.1) is 0 Å². The van der Waals surface area contributed by atoms with Crippen LogP contribution in [0, 0.1) is 17.8 Å². The molecule has 0 bridgehead atoms. The lowest BCUT2D eigenvalue weighted by Crippen LogP contribution is -2.44. The van der Waals surface area contributed by atoms with Gasteiger partial charge in [0.2, 0.25) is 0 Å². The third kappa shape index (κ3) is 26.1. The molecule has 0 heterocycles. The fraction of sp³-hybridized carbons (Fsp3) is 1.00. The molecule has 0 aromatic carbocycles. The van der Waals surface area contributed by atoms with Crippen LogP contribution in [0.2, 0.25) is 0 Å². The summed E-state index contributed by atoms with van der Waals surface area (Å²) in [6.45, 7) is 3.30. The van der Waals surface area contributed by atoms with E-state index in [1.54, 1.807) is 20.8 Å². The Morgan fingerprint density at radius 2 is 0.804 bits per heavy atom. The highest BCUT2D eigenvalue weighted by Crippen LogP contribution is 2.43. The largest absolute Gasteiger partial charge is 0.397 e. The van der Waals surface area contributed by atoms with Crippen LogP contribution in [-0.4, -0.2) is 82.2 Å². The zero-order chi connectivity index (χ0) is 41.0. The Hall–Kier alpha value is -1.35. The van der Waals surface area contributed by atoms with Gasteiger partial charge < -0.3 is 18.9 Å². The maximum atomic E-state index is 13.7. The predicted molar refractivity (Wildman–Crippen MR) is 153 cm³/mol. The Bertz CT molecular complexity index is 863. The number of rotatable bonds is 22. The highest BCUT2D eigenvalue weighted by atomic mass is 19.4. The standard InChI is InChI=1S/C14H23F7O3.C10H15F7O.C6H11F3/c1-3-6-22-9-12(15,16)11(14(19,20)21)5-8-24-13(17,18)10-23-7-4-2;1-3-8(11,12)7(10(15,16)17)5-6-18-9(13,14)4-2;1-3-4-5(2)6(7,8)9/h11H,3-10H2,1-2H3;7H,3-6H2,1-2H3;5H,3-4H2,1-2H3. The van der Waals surface area contributed by atoms with E-state index in [-0.39, 0.29) is 19.6 Å². The number of halogens is 17. The SMILES string of the molecule is CCC(F)(F)OCCC(C(F)(F)F)C(F)(F)CC.CCCC(C)C(F)(F)F.CCCOCC(F)(F)OCCC(C(F)(F)F)C(F)(F)COCCC. The molecular weight excluding hydrogens is 747 g/mol. The quantitative estimate of drug-likeness (QED) is 0.0808. The van der Waals surface area contributed by atoms with Gasteiger partial charge in [0.25, 0.3) is 11.8 Å². The van der Waals surface area contributed by atoms with Gasteiger partial charge in [0, 0.05) is 26.1 Å². The average molecular weight is 797 g/mol. The zero-order valence-corrected chi connectivity index (χ0v) is 29.2. The molecule has 0 fully saturated rings. The van der Waals surface area contributed by atoms with E-state index in [9.17, 15) is 74.6 Å². The number of alkyl halides is 17. The Morgan fingerprint density at radius 1 is 0.412 bits per heavy atom. The van der Waals surface area contributed by atoms with Crippen LogP contribution in [0.25, 0.3) is 0 Å². The Labute approximate surface area is 287 Å². The number of ether oxygens (including phenoxy) is 4. The molecule has 312 valence electrons. The van der Waals surface area contributed by atoms with E-state index in [0.717, 1.165) is 13.8 Å². The molecule has 0 aromatic heterocycles. The van der Waals surface area contributed by atoms with Crippen molar-refractivity contribution in [2.45, 2.75) is 136 Å². The molecule has 0 aliphatic carbocycles. The lowest BCUT2D eigenvalue weighted by Gasteiger charge is -2.29. The Morgan fingerprint density at radius 3 is 1.12 bits per heavy atom.